The molecule has 4 aliphatic heterocycles. The predicted octanol–water partition coefficient (Wildman–Crippen LogP) is 20.3. The smallest absolute Gasteiger partial charge is 0.252 e. The fraction of sp³-hybridized carbons (Fsp3) is 0.383. The molecule has 0 spiro atoms. The van der Waals surface area contributed by atoms with Gasteiger partial charge in [-0.1, -0.05) is 207 Å². The molecule has 438 valence electrons. The van der Waals surface area contributed by atoms with Crippen molar-refractivity contribution in [3.63, 3.8) is 0 Å². The Morgan fingerprint density at radius 1 is 0.437 bits per heavy atom. The second-order valence-corrected chi connectivity index (χ2v) is 33.4. The lowest BCUT2D eigenvalue weighted by Crippen LogP contribution is -2.61. The van der Waals surface area contributed by atoms with Crippen LogP contribution in [0.5, 0.6) is 0 Å². The minimum atomic E-state index is -0.223. The van der Waals surface area contributed by atoms with Crippen LogP contribution in [0, 0.1) is 0 Å². The molecule has 17 rings (SSSR count). The average Bonchev–Trinajstić information content (AvgIpc) is 1.59. The van der Waals surface area contributed by atoms with Gasteiger partial charge in [0.25, 0.3) is 6.71 Å². The number of hydrogen-bond donors (Lipinski definition) is 0. The summed E-state index contributed by atoms with van der Waals surface area (Å²) < 4.78 is 5.48. The summed E-state index contributed by atoms with van der Waals surface area (Å²) in [6.45, 7) is 37.1. The second-order valence-electron chi connectivity index (χ2n) is 32.4. The normalized spacial score (nSPS) is 23.9. The van der Waals surface area contributed by atoms with Crippen LogP contribution in [0.4, 0.5) is 39.8 Å². The van der Waals surface area contributed by atoms with Gasteiger partial charge in [-0.05, 0) is 166 Å². The summed E-state index contributed by atoms with van der Waals surface area (Å²) in [6.07, 6.45) is 9.59. The maximum atomic E-state index is 2.89. The van der Waals surface area contributed by atoms with E-state index in [1.165, 1.54) is 182 Å². The molecule has 2 fully saturated rings. The number of nitrogens with zero attached hydrogens (tertiary/aromatic N) is 4. The van der Waals surface area contributed by atoms with Gasteiger partial charge in [-0.15, -0.1) is 11.3 Å². The summed E-state index contributed by atoms with van der Waals surface area (Å²) >= 11 is 1.96. The fourth-order valence-corrected chi connectivity index (χ4v) is 20.3. The van der Waals surface area contributed by atoms with Crippen molar-refractivity contribution in [1.29, 1.82) is 0 Å². The van der Waals surface area contributed by atoms with E-state index in [9.17, 15) is 0 Å². The number of thiophene rings is 1. The number of anilines is 7. The zero-order valence-electron chi connectivity index (χ0n) is 54.3. The van der Waals surface area contributed by atoms with Crippen molar-refractivity contribution in [3.05, 3.63) is 185 Å². The van der Waals surface area contributed by atoms with Crippen molar-refractivity contribution in [3.8, 4) is 16.9 Å². The van der Waals surface area contributed by atoms with Crippen LogP contribution >= 0.6 is 11.3 Å². The van der Waals surface area contributed by atoms with Gasteiger partial charge in [0.2, 0.25) is 0 Å². The van der Waals surface area contributed by atoms with Crippen molar-refractivity contribution < 1.29 is 0 Å². The molecule has 4 atom stereocenters. The minimum absolute atomic E-state index is 0.0134. The third kappa shape index (κ3) is 6.82. The maximum Gasteiger partial charge on any atom is 0.252 e. The highest BCUT2D eigenvalue weighted by Crippen LogP contribution is 2.65. The van der Waals surface area contributed by atoms with Crippen molar-refractivity contribution >= 4 is 105 Å². The lowest BCUT2D eigenvalue weighted by molar-refractivity contribution is 0.195. The molecule has 2 aromatic heterocycles. The largest absolute Gasteiger partial charge is 0.334 e. The summed E-state index contributed by atoms with van der Waals surface area (Å²) in [5.74, 6) is 0. The van der Waals surface area contributed by atoms with E-state index in [1.807, 2.05) is 11.3 Å². The van der Waals surface area contributed by atoms with Crippen molar-refractivity contribution in [2.45, 2.75) is 199 Å². The molecule has 2 saturated carbocycles. The van der Waals surface area contributed by atoms with E-state index < -0.39 is 0 Å². The van der Waals surface area contributed by atoms with Crippen molar-refractivity contribution in [1.82, 2.24) is 4.57 Å². The molecule has 4 nitrogen and oxygen atoms in total. The highest BCUT2D eigenvalue weighted by Gasteiger charge is 2.60. The number of fused-ring (bicyclic) bond motifs is 18. The van der Waals surface area contributed by atoms with Gasteiger partial charge >= 0.3 is 0 Å². The number of rotatable bonds is 3. The Bertz CT molecular complexity index is 4680. The molecule has 0 N–H and O–H groups in total. The summed E-state index contributed by atoms with van der Waals surface area (Å²) in [5.41, 5.74) is 28.4. The molecular formula is C81H85BN4S. The molecule has 3 aliphatic carbocycles. The van der Waals surface area contributed by atoms with Crippen LogP contribution in [0.2, 0.25) is 0 Å². The molecule has 0 amide bonds. The first-order chi connectivity index (χ1) is 41.3. The molecule has 0 bridgehead atoms. The molecule has 87 heavy (non-hydrogen) atoms. The lowest BCUT2D eigenvalue weighted by atomic mass is 9.33. The summed E-state index contributed by atoms with van der Waals surface area (Å²) in [5, 5.41) is 4.06. The van der Waals surface area contributed by atoms with Gasteiger partial charge in [-0.25, -0.2) is 0 Å². The van der Waals surface area contributed by atoms with Gasteiger partial charge in [-0.2, -0.15) is 0 Å². The van der Waals surface area contributed by atoms with E-state index in [2.05, 4.69) is 269 Å². The second kappa shape index (κ2) is 17.2. The van der Waals surface area contributed by atoms with Gasteiger partial charge < -0.3 is 19.3 Å². The Kier molecular flexibility index (Phi) is 10.7. The average molecular weight is 1160 g/mol. The first-order valence-corrected chi connectivity index (χ1v) is 33.9. The first kappa shape index (κ1) is 54.2. The van der Waals surface area contributed by atoms with Crippen LogP contribution in [-0.4, -0.2) is 22.4 Å². The monoisotopic (exact) mass is 1160 g/mol. The molecule has 0 saturated heterocycles. The van der Waals surface area contributed by atoms with Crippen LogP contribution < -0.4 is 31.1 Å². The van der Waals surface area contributed by atoms with Crippen LogP contribution in [0.15, 0.2) is 146 Å². The molecule has 4 unspecified atom stereocenters. The molecule has 6 heteroatoms. The van der Waals surface area contributed by atoms with E-state index in [0.29, 0.717) is 0 Å². The van der Waals surface area contributed by atoms with Gasteiger partial charge in [0, 0.05) is 88.0 Å². The van der Waals surface area contributed by atoms with Gasteiger partial charge in [0.15, 0.2) is 0 Å². The fourth-order valence-electron chi connectivity index (χ4n) is 19.1. The summed E-state index contributed by atoms with van der Waals surface area (Å²) in [4.78, 5) is 8.53. The quantitative estimate of drug-likeness (QED) is 0.164. The van der Waals surface area contributed by atoms with E-state index in [4.69, 9.17) is 0 Å². The molecule has 10 aromatic rings. The Hall–Kier alpha value is -7.02. The van der Waals surface area contributed by atoms with E-state index in [-0.39, 0.29) is 50.3 Å². The van der Waals surface area contributed by atoms with Crippen LogP contribution in [-0.2, 0) is 32.5 Å². The van der Waals surface area contributed by atoms with Crippen LogP contribution in [0.3, 0.4) is 0 Å². The van der Waals surface area contributed by atoms with E-state index in [1.54, 1.807) is 0 Å². The van der Waals surface area contributed by atoms with Gasteiger partial charge in [-0.3, -0.25) is 0 Å². The zero-order chi connectivity index (χ0) is 60.2. The van der Waals surface area contributed by atoms with E-state index in [0.717, 1.165) is 12.8 Å². The Morgan fingerprint density at radius 3 is 1.67 bits per heavy atom. The third-order valence-corrected chi connectivity index (χ3v) is 25.5. The maximum absolute atomic E-state index is 2.89. The standard InChI is InChI=1S/C81H85BN4S/c1-74(2,3)48-31-35-62-58(42-48)78(12)37-20-22-39-80(78,14)85(62)51-33-34-60-65(45-51)83(64-29-24-27-54-53-25-17-19-30-68(53)87-73(54)64)66-46-52(86-63-36-32-49(75(4,5)6)43-59(63)79(13)38-21-23-40-81(79,86)15)47-67-70(66)82(60)61-44-50(76(7,8)9)41-56-69-72(84(67)71(56)61)55-26-16-18-28-57(55)77(69,10)11/h16-19,24-36,41-47H,20-23,37-40H2,1-15H3. The lowest BCUT2D eigenvalue weighted by Gasteiger charge is -2.51. The highest BCUT2D eigenvalue weighted by molar-refractivity contribution is 7.26. The number of hydrogen-bond acceptors (Lipinski definition) is 4. The topological polar surface area (TPSA) is 14.7 Å². The molecule has 7 aliphatic rings. The predicted molar refractivity (Wildman–Crippen MR) is 375 cm³/mol. The van der Waals surface area contributed by atoms with Crippen molar-refractivity contribution in [2.75, 3.05) is 14.7 Å². The zero-order valence-corrected chi connectivity index (χ0v) is 55.1. The Labute approximate surface area is 521 Å². The summed E-state index contributed by atoms with van der Waals surface area (Å²) in [6, 6.07) is 59.4. The third-order valence-electron chi connectivity index (χ3n) is 24.3. The van der Waals surface area contributed by atoms with Crippen molar-refractivity contribution in [2.24, 2.45) is 0 Å². The highest BCUT2D eigenvalue weighted by atomic mass is 32.1. The molecule has 8 aromatic carbocycles. The molecular weight excluding hydrogens is 1070 g/mol. The summed E-state index contributed by atoms with van der Waals surface area (Å²) in [7, 11) is 0. The van der Waals surface area contributed by atoms with Gasteiger partial charge in [0.05, 0.1) is 27.2 Å². The number of aromatic nitrogens is 1. The molecule has 0 radical (unpaired) electrons. The Balaban J connectivity index is 1.03. The first-order valence-electron chi connectivity index (χ1n) is 33.0. The molecule has 6 heterocycles. The van der Waals surface area contributed by atoms with Crippen LogP contribution in [0.25, 0.3) is 48.0 Å². The van der Waals surface area contributed by atoms with Gasteiger partial charge in [0.1, 0.15) is 0 Å². The Morgan fingerprint density at radius 2 is 1.01 bits per heavy atom. The SMILES string of the molecule is CC(C)(C)c1ccc2c(c1)C1(C)CCCCC1(C)N2c1ccc2c(c1)N(c1cccc3c1sc1ccccc13)c1cc(N3c4ccc(C(C)(C)C)cc4C4(C)CCCCC34C)cc3c1B2c1cc(C(C)(C)C)cc2c4c(n-3c12)-c1ccccc1C4(C)C. The van der Waals surface area contributed by atoms with E-state index >= 15 is 0 Å². The van der Waals surface area contributed by atoms with Crippen LogP contribution in [0.1, 0.15) is 194 Å². The number of benzene rings is 8. The minimum Gasteiger partial charge on any atom is -0.334 e.